The summed E-state index contributed by atoms with van der Waals surface area (Å²) >= 11 is 0. The Labute approximate surface area is 95.1 Å². The van der Waals surface area contributed by atoms with Crippen molar-refractivity contribution in [3.8, 4) is 0 Å². The first-order chi connectivity index (χ1) is 7.07. The van der Waals surface area contributed by atoms with Crippen LogP contribution < -0.4 is 0 Å². The molecule has 0 fully saturated rings. The molecule has 15 heavy (non-hydrogen) atoms. The van der Waals surface area contributed by atoms with Crippen LogP contribution in [0.25, 0.3) is 0 Å². The molecule has 0 aliphatic carbocycles. The molecule has 5 heteroatoms. The Morgan fingerprint density at radius 3 is 1.13 bits per heavy atom. The average Bonchev–Trinajstić information content (AvgIpc) is 2.33. The van der Waals surface area contributed by atoms with Gasteiger partial charge < -0.3 is 18.9 Å². The van der Waals surface area contributed by atoms with Gasteiger partial charge in [0.15, 0.2) is 9.52 Å². The highest BCUT2D eigenvalue weighted by atomic mass is 28.2. The lowest BCUT2D eigenvalue weighted by molar-refractivity contribution is -0.185. The van der Waals surface area contributed by atoms with Crippen LogP contribution in [0.4, 0.5) is 0 Å². The molecule has 0 unspecified atom stereocenters. The van der Waals surface area contributed by atoms with Crippen molar-refractivity contribution < 1.29 is 18.9 Å². The average molecular weight is 236 g/mol. The molecule has 0 amide bonds. The Hall–Kier alpha value is 0.0569. The molecule has 0 N–H and O–H groups in total. The van der Waals surface area contributed by atoms with Gasteiger partial charge in [0.2, 0.25) is 0 Å². The van der Waals surface area contributed by atoms with Gasteiger partial charge in [-0.25, -0.2) is 0 Å². The lowest BCUT2D eigenvalue weighted by atomic mass is 10.4. The second-order valence-corrected chi connectivity index (χ2v) is 6.03. The third kappa shape index (κ3) is 3.53. The Morgan fingerprint density at radius 1 is 0.733 bits per heavy atom. The van der Waals surface area contributed by atoms with E-state index in [9.17, 15) is 0 Å². The van der Waals surface area contributed by atoms with Crippen molar-refractivity contribution in [3.05, 3.63) is 0 Å². The molecule has 92 valence electrons. The van der Waals surface area contributed by atoms with Gasteiger partial charge in [-0.05, 0) is 12.8 Å². The van der Waals surface area contributed by atoms with Gasteiger partial charge in [-0.3, -0.25) is 0 Å². The number of hydrogen-bond acceptors (Lipinski definition) is 4. The fraction of sp³-hybridized carbons (Fsp3) is 1.00. The molecule has 0 atom stereocenters. The molecule has 0 heterocycles. The summed E-state index contributed by atoms with van der Waals surface area (Å²) in [5, 5.41) is 0. The van der Waals surface area contributed by atoms with Crippen LogP contribution in [0.3, 0.4) is 0 Å². The summed E-state index contributed by atoms with van der Waals surface area (Å²) in [6, 6.07) is 0. The molecule has 0 radical (unpaired) electrons. The zero-order chi connectivity index (χ0) is 11.9. The van der Waals surface area contributed by atoms with E-state index in [4.69, 9.17) is 18.9 Å². The van der Waals surface area contributed by atoms with Gasteiger partial charge in [0.25, 0.3) is 0 Å². The van der Waals surface area contributed by atoms with Crippen LogP contribution in [-0.2, 0) is 18.9 Å². The first kappa shape index (κ1) is 15.1. The summed E-state index contributed by atoms with van der Waals surface area (Å²) in [4.78, 5) is 0. The van der Waals surface area contributed by atoms with Crippen LogP contribution in [-0.4, -0.2) is 48.8 Å². The summed E-state index contributed by atoms with van der Waals surface area (Å²) in [6.07, 6.45) is 1.61. The second-order valence-electron chi connectivity index (χ2n) is 3.52. The van der Waals surface area contributed by atoms with Crippen molar-refractivity contribution in [1.29, 1.82) is 0 Å². The second kappa shape index (κ2) is 6.60. The number of methoxy groups -OCH3 is 4. The molecule has 0 saturated heterocycles. The minimum Gasteiger partial charge on any atom is -0.357 e. The minimum absolute atomic E-state index is 0.498. The van der Waals surface area contributed by atoms with Crippen LogP contribution in [0.2, 0.25) is 0 Å². The van der Waals surface area contributed by atoms with Gasteiger partial charge in [0.05, 0.1) is 0 Å². The molecule has 0 aliphatic heterocycles. The predicted molar refractivity (Wildman–Crippen MR) is 62.6 cm³/mol. The highest BCUT2D eigenvalue weighted by molar-refractivity contribution is 6.42. The van der Waals surface area contributed by atoms with E-state index in [-0.39, 0.29) is 0 Å². The Balaban J connectivity index is 4.74. The quantitative estimate of drug-likeness (QED) is 0.463. The van der Waals surface area contributed by atoms with E-state index in [2.05, 4.69) is 0 Å². The van der Waals surface area contributed by atoms with Gasteiger partial charge in [-0.15, -0.1) is 0 Å². The molecule has 0 saturated carbocycles. The van der Waals surface area contributed by atoms with Crippen molar-refractivity contribution in [2.45, 2.75) is 37.5 Å². The highest BCUT2D eigenvalue weighted by Crippen LogP contribution is 2.24. The van der Waals surface area contributed by atoms with Gasteiger partial charge in [-0.1, -0.05) is 13.8 Å². The maximum absolute atomic E-state index is 5.48. The van der Waals surface area contributed by atoms with E-state index in [1.165, 1.54) is 0 Å². The van der Waals surface area contributed by atoms with Crippen LogP contribution in [0, 0.1) is 0 Å². The van der Waals surface area contributed by atoms with Gasteiger partial charge in [-0.2, -0.15) is 0 Å². The normalized spacial score (nSPS) is 13.2. The van der Waals surface area contributed by atoms with Crippen LogP contribution in [0.15, 0.2) is 0 Å². The molecule has 0 spiro atoms. The van der Waals surface area contributed by atoms with Crippen LogP contribution in [0.5, 0.6) is 0 Å². The van der Waals surface area contributed by atoms with Crippen LogP contribution in [0.1, 0.15) is 26.7 Å². The Kier molecular flexibility index (Phi) is 6.62. The molecule has 0 aromatic heterocycles. The van der Waals surface area contributed by atoms with E-state index >= 15 is 0 Å². The molecule has 0 rings (SSSR count). The summed E-state index contributed by atoms with van der Waals surface area (Å²) in [5.74, 6) is 0. The maximum Gasteiger partial charge on any atom is 0.165 e. The standard InChI is InChI=1S/C10H24O4Si/c1-7-9(11-3,12-4)15-10(8-2,13-5)14-6/h7-8,15H2,1-6H3. The van der Waals surface area contributed by atoms with Crippen molar-refractivity contribution >= 4 is 9.52 Å². The van der Waals surface area contributed by atoms with Gasteiger partial charge in [0.1, 0.15) is 10.8 Å². The maximum atomic E-state index is 5.48. The summed E-state index contributed by atoms with van der Waals surface area (Å²) in [6.45, 7) is 4.09. The number of ether oxygens (including phenoxy) is 4. The zero-order valence-electron chi connectivity index (χ0n) is 10.8. The summed E-state index contributed by atoms with van der Waals surface area (Å²) in [5.41, 5.74) is -0.996. The van der Waals surface area contributed by atoms with E-state index in [0.717, 1.165) is 12.8 Å². The molecule has 0 aromatic rings. The number of rotatable bonds is 8. The molecule has 0 aliphatic rings. The van der Waals surface area contributed by atoms with E-state index in [0.29, 0.717) is 0 Å². The van der Waals surface area contributed by atoms with Gasteiger partial charge in [0, 0.05) is 28.4 Å². The van der Waals surface area contributed by atoms with Gasteiger partial charge >= 0.3 is 0 Å². The van der Waals surface area contributed by atoms with E-state index in [1.807, 2.05) is 13.8 Å². The Morgan fingerprint density at radius 2 is 1.00 bits per heavy atom. The monoisotopic (exact) mass is 236 g/mol. The third-order valence-corrected chi connectivity index (χ3v) is 6.34. The first-order valence-electron chi connectivity index (χ1n) is 5.28. The van der Waals surface area contributed by atoms with Crippen molar-refractivity contribution in [3.63, 3.8) is 0 Å². The fourth-order valence-corrected chi connectivity index (χ4v) is 3.59. The SMILES string of the molecule is CCC(OC)(OC)[SiH2]C(CC)(OC)OC. The first-order valence-corrected chi connectivity index (χ1v) is 6.69. The predicted octanol–water partition coefficient (Wildman–Crippen LogP) is 0.868. The van der Waals surface area contributed by atoms with Crippen molar-refractivity contribution in [1.82, 2.24) is 0 Å². The highest BCUT2D eigenvalue weighted by Gasteiger charge is 2.41. The Bertz CT molecular complexity index is 132. The van der Waals surface area contributed by atoms with E-state index in [1.54, 1.807) is 28.4 Å². The van der Waals surface area contributed by atoms with Crippen LogP contribution >= 0.6 is 0 Å². The third-order valence-electron chi connectivity index (χ3n) is 3.10. The lowest BCUT2D eigenvalue weighted by Crippen LogP contribution is -2.54. The molecular formula is C10H24O4Si. The van der Waals surface area contributed by atoms with Crippen molar-refractivity contribution in [2.75, 3.05) is 28.4 Å². The lowest BCUT2D eigenvalue weighted by Gasteiger charge is -2.38. The summed E-state index contributed by atoms with van der Waals surface area (Å²) < 4.78 is 21.9. The van der Waals surface area contributed by atoms with E-state index < -0.39 is 20.3 Å². The number of hydrogen-bond donors (Lipinski definition) is 0. The summed E-state index contributed by atoms with van der Waals surface area (Å²) in [7, 11) is 5.83. The topological polar surface area (TPSA) is 36.9 Å². The molecular weight excluding hydrogens is 212 g/mol. The molecule has 0 bridgehead atoms. The van der Waals surface area contributed by atoms with Crippen molar-refractivity contribution in [2.24, 2.45) is 0 Å². The minimum atomic E-state index is -0.863. The molecule has 0 aromatic carbocycles. The molecule has 4 nitrogen and oxygen atoms in total. The zero-order valence-corrected chi connectivity index (χ0v) is 12.2. The fourth-order valence-electron chi connectivity index (χ4n) is 1.69. The largest absolute Gasteiger partial charge is 0.357 e. The smallest absolute Gasteiger partial charge is 0.165 e.